The number of hydrogen-bond donors (Lipinski definition) is 0. The number of benzene rings is 10. The summed E-state index contributed by atoms with van der Waals surface area (Å²) < 4.78 is 2.42. The zero-order valence-electron chi connectivity index (χ0n) is 35.3. The first-order valence-corrected chi connectivity index (χ1v) is 22.0. The molecule has 2 aliphatic rings. The highest BCUT2D eigenvalue weighted by atomic mass is 15.1. The predicted octanol–water partition coefficient (Wildman–Crippen LogP) is 14.8. The van der Waals surface area contributed by atoms with E-state index in [1.807, 2.05) is 0 Å². The number of para-hydroxylation sites is 1. The van der Waals surface area contributed by atoms with Gasteiger partial charge in [-0.25, -0.2) is 15.0 Å². The Morgan fingerprint density at radius 1 is 0.453 bits per heavy atom. The van der Waals surface area contributed by atoms with Crippen molar-refractivity contribution < 1.29 is 0 Å². The molecule has 0 saturated carbocycles. The molecule has 11 aromatic rings. The number of rotatable bonds is 2. The minimum Gasteiger partial charge on any atom is -0.319 e. The maximum absolute atomic E-state index is 5.54. The third-order valence-corrected chi connectivity index (χ3v) is 14.0. The van der Waals surface area contributed by atoms with Gasteiger partial charge < -0.3 is 4.57 Å². The van der Waals surface area contributed by atoms with E-state index in [2.05, 4.69) is 218 Å². The topological polar surface area (TPSA) is 42.0 Å². The molecule has 1 unspecified atom stereocenters. The highest BCUT2D eigenvalue weighted by Crippen LogP contribution is 2.56. The molecule has 4 nitrogen and oxygen atoms in total. The molecular formula is C60H40N4. The molecule has 1 aliphatic carbocycles. The van der Waals surface area contributed by atoms with E-state index in [0.29, 0.717) is 18.3 Å². The van der Waals surface area contributed by atoms with E-state index in [1.165, 1.54) is 60.1 Å². The van der Waals surface area contributed by atoms with Crippen molar-refractivity contribution in [1.29, 1.82) is 0 Å². The van der Waals surface area contributed by atoms with Gasteiger partial charge in [0.25, 0.3) is 0 Å². The normalized spacial score (nSPS) is 16.3. The zero-order valence-corrected chi connectivity index (χ0v) is 35.3. The van der Waals surface area contributed by atoms with Gasteiger partial charge in [0, 0.05) is 38.3 Å². The average Bonchev–Trinajstić information content (AvgIpc) is 3.83. The van der Waals surface area contributed by atoms with Crippen LogP contribution in [0.15, 0.2) is 215 Å². The molecule has 0 N–H and O–H groups in total. The SMILES string of the molecule is C=NC1=N/C(c2ccc(-c3ccccc3)cc2)=N\Cn2c3c(cccc3c3ccc4ccccc4c32)-c2ccc3c(c2)C(C)(c2cc4ccccc4cc21)c1ccc2ccccc2c1-3. The Hall–Kier alpha value is -8.21. The first-order chi connectivity index (χ1) is 31.6. The number of amidine groups is 2. The molecule has 64 heavy (non-hydrogen) atoms. The Bertz CT molecular complexity index is 3830. The van der Waals surface area contributed by atoms with Gasteiger partial charge in [-0.15, -0.1) is 0 Å². The second-order valence-electron chi connectivity index (χ2n) is 17.3. The van der Waals surface area contributed by atoms with Crippen molar-refractivity contribution in [2.45, 2.75) is 19.0 Å². The number of nitrogens with zero attached hydrogens (tertiary/aromatic N) is 4. The van der Waals surface area contributed by atoms with Crippen LogP contribution >= 0.6 is 0 Å². The van der Waals surface area contributed by atoms with E-state index in [9.17, 15) is 0 Å². The van der Waals surface area contributed by atoms with Crippen LogP contribution in [0.4, 0.5) is 0 Å². The van der Waals surface area contributed by atoms with Gasteiger partial charge in [-0.1, -0.05) is 182 Å². The lowest BCUT2D eigenvalue weighted by Gasteiger charge is -2.31. The van der Waals surface area contributed by atoms with Gasteiger partial charge in [0.05, 0.1) is 11.0 Å². The molecule has 0 fully saturated rings. The summed E-state index contributed by atoms with van der Waals surface area (Å²) >= 11 is 0. The van der Waals surface area contributed by atoms with E-state index >= 15 is 0 Å². The Labute approximate surface area is 370 Å². The summed E-state index contributed by atoms with van der Waals surface area (Å²) in [7, 11) is 0. The molecule has 2 heterocycles. The van der Waals surface area contributed by atoms with Crippen molar-refractivity contribution in [3.63, 3.8) is 0 Å². The van der Waals surface area contributed by atoms with Gasteiger partial charge in [0.1, 0.15) is 6.67 Å². The zero-order chi connectivity index (χ0) is 42.5. The molecule has 0 radical (unpaired) electrons. The van der Waals surface area contributed by atoms with Gasteiger partial charge in [0.2, 0.25) is 0 Å². The Kier molecular flexibility index (Phi) is 7.92. The first kappa shape index (κ1) is 36.4. The maximum Gasteiger partial charge on any atom is 0.161 e. The molecule has 13 rings (SSSR count). The summed E-state index contributed by atoms with van der Waals surface area (Å²) in [5, 5.41) is 9.51. The smallest absolute Gasteiger partial charge is 0.161 e. The summed E-state index contributed by atoms with van der Waals surface area (Å²) in [5.41, 5.74) is 14.3. The van der Waals surface area contributed by atoms with E-state index in [0.717, 1.165) is 55.2 Å². The second kappa shape index (κ2) is 13.9. The minimum atomic E-state index is -0.606. The van der Waals surface area contributed by atoms with Gasteiger partial charge >= 0.3 is 0 Å². The molecule has 0 saturated heterocycles. The van der Waals surface area contributed by atoms with E-state index in [4.69, 9.17) is 15.0 Å². The third kappa shape index (κ3) is 5.26. The fourth-order valence-corrected chi connectivity index (χ4v) is 10.9. The number of fused-ring (bicyclic) bond motifs is 15. The van der Waals surface area contributed by atoms with Crippen LogP contribution in [0.3, 0.4) is 0 Å². The average molecular weight is 817 g/mol. The molecule has 2 bridgehead atoms. The summed E-state index contributed by atoms with van der Waals surface area (Å²) in [6.45, 7) is 6.96. The van der Waals surface area contributed by atoms with Crippen molar-refractivity contribution in [3.8, 4) is 33.4 Å². The quantitative estimate of drug-likeness (QED) is 0.156. The summed E-state index contributed by atoms with van der Waals surface area (Å²) in [5.74, 6) is 1.12. The van der Waals surface area contributed by atoms with Crippen LogP contribution in [-0.2, 0) is 12.1 Å². The van der Waals surface area contributed by atoms with Gasteiger partial charge in [-0.2, -0.15) is 0 Å². The fourth-order valence-electron chi connectivity index (χ4n) is 10.9. The first-order valence-electron chi connectivity index (χ1n) is 22.0. The standard InChI is InChI=1S/C60H40N4/c1-60-52-32-29-39-15-8-10-19-45(39)55(52)50-31-28-44(35-53(50)60)47-21-12-22-48-49-30-27-40-16-9-11-20-46(40)56(49)64(57(47)48)36-62-58(41-25-23-38(24-26-41)37-13-4-3-5-14-37)63-59(61-2)51-33-42-17-6-7-18-43(42)34-54(51)60/h3-35H,2,36H2,1H3/b62-58-,63-59?. The molecule has 1 atom stereocenters. The lowest BCUT2D eigenvalue weighted by molar-refractivity contribution is 0.714. The molecule has 4 heteroatoms. The fraction of sp³-hybridized carbons (Fsp3) is 0.0500. The van der Waals surface area contributed by atoms with Crippen LogP contribution in [0, 0.1) is 0 Å². The number of aliphatic imine (C=N–C) groups is 3. The van der Waals surface area contributed by atoms with Crippen molar-refractivity contribution in [1.82, 2.24) is 4.57 Å². The minimum absolute atomic E-state index is 0.333. The van der Waals surface area contributed by atoms with Gasteiger partial charge in [-0.3, -0.25) is 0 Å². The second-order valence-corrected chi connectivity index (χ2v) is 17.3. The summed E-state index contributed by atoms with van der Waals surface area (Å²) in [4.78, 5) is 15.9. The monoisotopic (exact) mass is 816 g/mol. The Balaban J connectivity index is 1.18. The van der Waals surface area contributed by atoms with E-state index < -0.39 is 5.41 Å². The summed E-state index contributed by atoms with van der Waals surface area (Å²) in [6.07, 6.45) is 0. The lowest BCUT2D eigenvalue weighted by Crippen LogP contribution is -2.26. The maximum atomic E-state index is 5.54. The Morgan fingerprint density at radius 2 is 1.06 bits per heavy atom. The molecule has 10 aromatic carbocycles. The summed E-state index contributed by atoms with van der Waals surface area (Å²) in [6, 6.07) is 72.9. The lowest BCUT2D eigenvalue weighted by atomic mass is 9.71. The molecule has 0 amide bonds. The van der Waals surface area contributed by atoms with E-state index in [1.54, 1.807) is 0 Å². The number of hydrogen-bond acceptors (Lipinski definition) is 3. The van der Waals surface area contributed by atoms with Crippen LogP contribution in [0.5, 0.6) is 0 Å². The highest BCUT2D eigenvalue weighted by molar-refractivity contribution is 6.21. The molecule has 1 aliphatic heterocycles. The van der Waals surface area contributed by atoms with Crippen molar-refractivity contribution in [3.05, 3.63) is 228 Å². The van der Waals surface area contributed by atoms with Gasteiger partial charge in [-0.05, 0) is 103 Å². The Morgan fingerprint density at radius 3 is 1.86 bits per heavy atom. The van der Waals surface area contributed by atoms with Crippen molar-refractivity contribution in [2.75, 3.05) is 0 Å². The van der Waals surface area contributed by atoms with Gasteiger partial charge in [0.15, 0.2) is 11.7 Å². The van der Waals surface area contributed by atoms with Crippen molar-refractivity contribution in [2.24, 2.45) is 15.0 Å². The van der Waals surface area contributed by atoms with Crippen LogP contribution in [0.1, 0.15) is 34.7 Å². The predicted molar refractivity (Wildman–Crippen MR) is 269 cm³/mol. The highest BCUT2D eigenvalue weighted by Gasteiger charge is 2.44. The molecule has 0 spiro atoms. The van der Waals surface area contributed by atoms with Crippen LogP contribution in [0.2, 0.25) is 0 Å². The molecular weight excluding hydrogens is 777 g/mol. The number of aromatic nitrogens is 1. The van der Waals surface area contributed by atoms with Crippen molar-refractivity contribution >= 4 is 72.5 Å². The third-order valence-electron chi connectivity index (χ3n) is 14.0. The van der Waals surface area contributed by atoms with Crippen LogP contribution in [-0.4, -0.2) is 23.0 Å². The molecule has 1 aromatic heterocycles. The van der Waals surface area contributed by atoms with Crippen LogP contribution in [0.25, 0.3) is 87.5 Å². The molecule has 300 valence electrons. The largest absolute Gasteiger partial charge is 0.319 e. The van der Waals surface area contributed by atoms with Crippen LogP contribution < -0.4 is 0 Å². The van der Waals surface area contributed by atoms with E-state index in [-0.39, 0.29) is 0 Å².